The van der Waals surface area contributed by atoms with E-state index in [1.165, 1.54) is 0 Å². The molecule has 0 aliphatic carbocycles. The van der Waals surface area contributed by atoms with Crippen molar-refractivity contribution in [2.75, 3.05) is 19.8 Å². The molecule has 0 radical (unpaired) electrons. The molecule has 1 aromatic rings. The highest BCUT2D eigenvalue weighted by Crippen LogP contribution is 2.30. The summed E-state index contributed by atoms with van der Waals surface area (Å²) in [4.78, 5) is 26.3. The Labute approximate surface area is 111 Å². The second kappa shape index (κ2) is 5.44. The van der Waals surface area contributed by atoms with Crippen LogP contribution in [0.1, 0.15) is 28.8 Å². The Morgan fingerprint density at radius 2 is 2.11 bits per heavy atom. The van der Waals surface area contributed by atoms with Gasteiger partial charge in [0, 0.05) is 32.2 Å². The molecule has 0 aromatic carbocycles. The number of ether oxygens (including phenoxy) is 1. The molecule has 1 saturated heterocycles. The van der Waals surface area contributed by atoms with Crippen LogP contribution in [-0.2, 0) is 9.53 Å². The van der Waals surface area contributed by atoms with E-state index in [0.29, 0.717) is 31.6 Å². The lowest BCUT2D eigenvalue weighted by Gasteiger charge is -2.33. The third-order valence-electron chi connectivity index (χ3n) is 3.69. The van der Waals surface area contributed by atoms with E-state index in [-0.39, 0.29) is 12.5 Å². The third kappa shape index (κ3) is 2.78. The number of rotatable bonds is 4. The van der Waals surface area contributed by atoms with Gasteiger partial charge in [0.1, 0.15) is 0 Å². The summed E-state index contributed by atoms with van der Waals surface area (Å²) in [5, 5.41) is 12.1. The van der Waals surface area contributed by atoms with Crippen molar-refractivity contribution < 1.29 is 19.4 Å². The summed E-state index contributed by atoms with van der Waals surface area (Å²) >= 11 is 0. The molecular weight excluding hydrogens is 248 g/mol. The smallest absolute Gasteiger partial charge is 0.311 e. The Morgan fingerprint density at radius 1 is 1.42 bits per heavy atom. The molecule has 1 amide bonds. The highest BCUT2D eigenvalue weighted by Gasteiger charge is 2.40. The van der Waals surface area contributed by atoms with Crippen molar-refractivity contribution in [2.45, 2.75) is 19.8 Å². The molecule has 0 saturated carbocycles. The molecule has 0 unspecified atom stereocenters. The van der Waals surface area contributed by atoms with Gasteiger partial charge in [-0.05, 0) is 25.3 Å². The monoisotopic (exact) mass is 266 g/mol. The van der Waals surface area contributed by atoms with Crippen LogP contribution in [0, 0.1) is 12.3 Å². The fraction of sp³-hybridized carbons (Fsp3) is 0.538. The lowest BCUT2D eigenvalue weighted by Crippen LogP contribution is -2.46. The number of hydrogen-bond acceptors (Lipinski definition) is 3. The van der Waals surface area contributed by atoms with Gasteiger partial charge >= 0.3 is 5.97 Å². The summed E-state index contributed by atoms with van der Waals surface area (Å²) in [7, 11) is 0. The molecule has 2 rings (SSSR count). The maximum absolute atomic E-state index is 12.0. The zero-order valence-electron chi connectivity index (χ0n) is 10.9. The van der Waals surface area contributed by atoms with E-state index in [1.807, 2.05) is 6.92 Å². The van der Waals surface area contributed by atoms with E-state index >= 15 is 0 Å². The number of amides is 1. The molecule has 1 aliphatic heterocycles. The maximum atomic E-state index is 12.0. The van der Waals surface area contributed by atoms with E-state index in [2.05, 4.69) is 10.3 Å². The van der Waals surface area contributed by atoms with Gasteiger partial charge in [-0.15, -0.1) is 0 Å². The Bertz CT molecular complexity index is 475. The summed E-state index contributed by atoms with van der Waals surface area (Å²) in [5.41, 5.74) is 0.486. The summed E-state index contributed by atoms with van der Waals surface area (Å²) in [6, 6.07) is 0. The van der Waals surface area contributed by atoms with Gasteiger partial charge in [0.15, 0.2) is 0 Å². The molecule has 3 N–H and O–H groups in total. The number of aromatic amines is 1. The van der Waals surface area contributed by atoms with Gasteiger partial charge in [-0.1, -0.05) is 0 Å². The number of aliphatic carboxylic acids is 1. The van der Waals surface area contributed by atoms with Crippen molar-refractivity contribution in [3.05, 3.63) is 23.5 Å². The van der Waals surface area contributed by atoms with Crippen LogP contribution in [0.5, 0.6) is 0 Å². The van der Waals surface area contributed by atoms with Crippen molar-refractivity contribution in [1.29, 1.82) is 0 Å². The molecule has 1 aliphatic rings. The normalized spacial score (nSPS) is 17.9. The Balaban J connectivity index is 2.02. The van der Waals surface area contributed by atoms with E-state index in [1.54, 1.807) is 12.4 Å². The molecule has 19 heavy (non-hydrogen) atoms. The number of aromatic nitrogens is 1. The largest absolute Gasteiger partial charge is 0.481 e. The van der Waals surface area contributed by atoms with Crippen molar-refractivity contribution in [3.8, 4) is 0 Å². The predicted molar refractivity (Wildman–Crippen MR) is 68.0 cm³/mol. The van der Waals surface area contributed by atoms with Crippen LogP contribution in [-0.4, -0.2) is 41.7 Å². The van der Waals surface area contributed by atoms with Crippen LogP contribution in [0.4, 0.5) is 0 Å². The first kappa shape index (κ1) is 13.6. The number of carbonyl (C=O) groups excluding carboxylic acids is 1. The van der Waals surface area contributed by atoms with E-state index in [0.717, 1.165) is 5.56 Å². The summed E-state index contributed by atoms with van der Waals surface area (Å²) < 4.78 is 5.19. The second-order valence-electron chi connectivity index (χ2n) is 4.93. The molecule has 1 aromatic heterocycles. The first-order valence-corrected chi connectivity index (χ1v) is 6.28. The quantitative estimate of drug-likeness (QED) is 0.756. The minimum atomic E-state index is -0.905. The van der Waals surface area contributed by atoms with Crippen LogP contribution < -0.4 is 5.32 Å². The van der Waals surface area contributed by atoms with Gasteiger partial charge in [0.05, 0.1) is 11.0 Å². The third-order valence-corrected chi connectivity index (χ3v) is 3.69. The Morgan fingerprint density at radius 3 is 2.63 bits per heavy atom. The first-order chi connectivity index (χ1) is 9.05. The summed E-state index contributed by atoms with van der Waals surface area (Å²) in [6.07, 6.45) is 4.20. The van der Waals surface area contributed by atoms with Gasteiger partial charge in [0.2, 0.25) is 0 Å². The van der Waals surface area contributed by atoms with Crippen LogP contribution in [0.3, 0.4) is 0 Å². The van der Waals surface area contributed by atoms with Gasteiger partial charge in [-0.3, -0.25) is 9.59 Å². The lowest BCUT2D eigenvalue weighted by molar-refractivity contribution is -0.154. The standard InChI is InChI=1S/C13H18N2O4/c1-9-6-14-7-10(9)11(16)15-8-13(12(17)18)2-4-19-5-3-13/h6-7,14H,2-5,8H2,1H3,(H,15,16)(H,17,18). The SMILES string of the molecule is Cc1c[nH]cc1C(=O)NCC1(C(=O)O)CCOCC1. The van der Waals surface area contributed by atoms with Gasteiger partial charge in [0.25, 0.3) is 5.91 Å². The predicted octanol–water partition coefficient (Wildman–Crippen LogP) is 0.934. The van der Waals surface area contributed by atoms with Crippen molar-refractivity contribution in [2.24, 2.45) is 5.41 Å². The highest BCUT2D eigenvalue weighted by atomic mass is 16.5. The van der Waals surface area contributed by atoms with Crippen molar-refractivity contribution >= 4 is 11.9 Å². The molecule has 6 nitrogen and oxygen atoms in total. The number of carboxylic acid groups (broad SMARTS) is 1. The van der Waals surface area contributed by atoms with E-state index in [4.69, 9.17) is 4.74 Å². The highest BCUT2D eigenvalue weighted by molar-refractivity contribution is 5.95. The second-order valence-corrected chi connectivity index (χ2v) is 4.93. The van der Waals surface area contributed by atoms with Crippen LogP contribution in [0.15, 0.2) is 12.4 Å². The molecule has 6 heteroatoms. The Hall–Kier alpha value is -1.82. The van der Waals surface area contributed by atoms with Gasteiger partial charge in [-0.25, -0.2) is 0 Å². The van der Waals surface area contributed by atoms with E-state index < -0.39 is 11.4 Å². The topological polar surface area (TPSA) is 91.4 Å². The lowest BCUT2D eigenvalue weighted by atomic mass is 9.80. The number of hydrogen-bond donors (Lipinski definition) is 3. The number of H-pyrrole nitrogens is 1. The van der Waals surface area contributed by atoms with Crippen LogP contribution in [0.2, 0.25) is 0 Å². The number of carboxylic acids is 1. The minimum Gasteiger partial charge on any atom is -0.481 e. The van der Waals surface area contributed by atoms with Gasteiger partial charge < -0.3 is 20.1 Å². The molecule has 0 atom stereocenters. The summed E-state index contributed by atoms with van der Waals surface area (Å²) in [5.74, 6) is -1.12. The molecule has 1 fully saturated rings. The number of nitrogens with one attached hydrogen (secondary N) is 2. The van der Waals surface area contributed by atoms with Crippen molar-refractivity contribution in [3.63, 3.8) is 0 Å². The number of aryl methyl sites for hydroxylation is 1. The fourth-order valence-electron chi connectivity index (χ4n) is 2.26. The average Bonchev–Trinajstić information content (AvgIpc) is 2.83. The van der Waals surface area contributed by atoms with Crippen LogP contribution in [0.25, 0.3) is 0 Å². The molecular formula is C13H18N2O4. The van der Waals surface area contributed by atoms with E-state index in [9.17, 15) is 14.7 Å². The van der Waals surface area contributed by atoms with Gasteiger partial charge in [-0.2, -0.15) is 0 Å². The molecule has 104 valence electrons. The molecule has 2 heterocycles. The van der Waals surface area contributed by atoms with Crippen molar-refractivity contribution in [1.82, 2.24) is 10.3 Å². The number of carbonyl (C=O) groups is 2. The maximum Gasteiger partial charge on any atom is 0.311 e. The minimum absolute atomic E-state index is 0.134. The summed E-state index contributed by atoms with van der Waals surface area (Å²) in [6.45, 7) is 2.80. The average molecular weight is 266 g/mol. The fourth-order valence-corrected chi connectivity index (χ4v) is 2.26. The first-order valence-electron chi connectivity index (χ1n) is 6.28. The Kier molecular flexibility index (Phi) is 3.90. The zero-order valence-corrected chi connectivity index (χ0v) is 10.9. The zero-order chi connectivity index (χ0) is 13.9. The van der Waals surface area contributed by atoms with Crippen LogP contribution >= 0.6 is 0 Å². The molecule has 0 bridgehead atoms. The molecule has 0 spiro atoms.